The van der Waals surface area contributed by atoms with Gasteiger partial charge in [-0.2, -0.15) is 0 Å². The molecule has 4 rings (SSSR count). The SMILES string of the molecule is CCc1ccc(N(C(=O)CCC(=O)Nc2cc(C)on2)[C@H](C(=O)NC2CCCC2)c2ccco2)cc1. The van der Waals surface area contributed by atoms with Crippen LogP contribution in [-0.4, -0.2) is 28.9 Å². The van der Waals surface area contributed by atoms with E-state index in [0.29, 0.717) is 23.0 Å². The molecule has 2 heterocycles. The van der Waals surface area contributed by atoms with Gasteiger partial charge in [-0.3, -0.25) is 19.3 Å². The topological polar surface area (TPSA) is 118 Å². The van der Waals surface area contributed by atoms with Crippen LogP contribution < -0.4 is 15.5 Å². The molecule has 0 aliphatic heterocycles. The summed E-state index contributed by atoms with van der Waals surface area (Å²) in [5.41, 5.74) is 1.67. The van der Waals surface area contributed by atoms with E-state index in [1.165, 1.54) is 11.2 Å². The van der Waals surface area contributed by atoms with Crippen LogP contribution in [-0.2, 0) is 20.8 Å². The Morgan fingerprint density at radius 3 is 2.47 bits per heavy atom. The van der Waals surface area contributed by atoms with Gasteiger partial charge in [-0.25, -0.2) is 0 Å². The van der Waals surface area contributed by atoms with Crippen molar-refractivity contribution in [3.8, 4) is 0 Å². The number of carbonyl (C=O) groups is 3. The Morgan fingerprint density at radius 1 is 1.11 bits per heavy atom. The number of aryl methyl sites for hydroxylation is 2. The molecule has 1 saturated carbocycles. The Morgan fingerprint density at radius 2 is 1.86 bits per heavy atom. The first-order valence-electron chi connectivity index (χ1n) is 12.4. The normalized spacial score (nSPS) is 14.4. The van der Waals surface area contributed by atoms with Crippen LogP contribution >= 0.6 is 0 Å². The van der Waals surface area contributed by atoms with Gasteiger partial charge in [0.2, 0.25) is 11.8 Å². The van der Waals surface area contributed by atoms with Gasteiger partial charge >= 0.3 is 0 Å². The number of nitrogens with one attached hydrogen (secondary N) is 2. The summed E-state index contributed by atoms with van der Waals surface area (Å²) in [6, 6.07) is 11.6. The Kier molecular flexibility index (Phi) is 8.20. The van der Waals surface area contributed by atoms with Gasteiger partial charge in [0.05, 0.1) is 6.26 Å². The fourth-order valence-electron chi connectivity index (χ4n) is 4.47. The molecule has 0 saturated heterocycles. The van der Waals surface area contributed by atoms with Gasteiger partial charge in [0.1, 0.15) is 11.5 Å². The highest BCUT2D eigenvalue weighted by atomic mass is 16.5. The van der Waals surface area contributed by atoms with E-state index in [-0.39, 0.29) is 36.6 Å². The lowest BCUT2D eigenvalue weighted by atomic mass is 10.1. The van der Waals surface area contributed by atoms with Crippen LogP contribution in [0.5, 0.6) is 0 Å². The minimum atomic E-state index is -0.998. The predicted octanol–water partition coefficient (Wildman–Crippen LogP) is 4.69. The monoisotopic (exact) mass is 492 g/mol. The number of carbonyl (C=O) groups excluding carboxylic acids is 3. The smallest absolute Gasteiger partial charge is 0.251 e. The molecule has 36 heavy (non-hydrogen) atoms. The second-order valence-corrected chi connectivity index (χ2v) is 9.06. The molecular weight excluding hydrogens is 460 g/mol. The van der Waals surface area contributed by atoms with Crippen molar-refractivity contribution in [3.05, 3.63) is 65.8 Å². The first kappa shape index (κ1) is 25.2. The summed E-state index contributed by atoms with van der Waals surface area (Å²) in [7, 11) is 0. The Labute approximate surface area is 210 Å². The van der Waals surface area contributed by atoms with Crippen molar-refractivity contribution in [1.82, 2.24) is 10.5 Å². The third-order valence-electron chi connectivity index (χ3n) is 6.37. The quantitative estimate of drug-likeness (QED) is 0.424. The van der Waals surface area contributed by atoms with Crippen molar-refractivity contribution >= 4 is 29.2 Å². The first-order chi connectivity index (χ1) is 17.4. The molecule has 3 amide bonds. The molecule has 0 spiro atoms. The van der Waals surface area contributed by atoms with E-state index < -0.39 is 6.04 Å². The van der Waals surface area contributed by atoms with E-state index in [0.717, 1.165) is 37.7 Å². The maximum absolute atomic E-state index is 13.6. The molecule has 1 aromatic carbocycles. The minimum absolute atomic E-state index is 0.0751. The lowest BCUT2D eigenvalue weighted by molar-refractivity contribution is -0.128. The number of furan rings is 1. The Hall–Kier alpha value is -3.88. The average Bonchev–Trinajstić information content (AvgIpc) is 3.65. The van der Waals surface area contributed by atoms with Crippen LogP contribution in [0.1, 0.15) is 68.6 Å². The number of hydrogen-bond donors (Lipinski definition) is 2. The molecule has 0 radical (unpaired) electrons. The molecule has 2 aromatic heterocycles. The summed E-state index contributed by atoms with van der Waals surface area (Å²) < 4.78 is 10.6. The van der Waals surface area contributed by atoms with Crippen molar-refractivity contribution < 1.29 is 23.3 Å². The van der Waals surface area contributed by atoms with Crippen LogP contribution in [0.15, 0.2) is 57.7 Å². The third kappa shape index (κ3) is 6.21. The zero-order chi connectivity index (χ0) is 25.5. The molecule has 0 bridgehead atoms. The van der Waals surface area contributed by atoms with Crippen molar-refractivity contribution in [2.45, 2.75) is 70.9 Å². The maximum atomic E-state index is 13.6. The van der Waals surface area contributed by atoms with Crippen molar-refractivity contribution in [1.29, 1.82) is 0 Å². The van der Waals surface area contributed by atoms with Gasteiger partial charge in [-0.05, 0) is 56.0 Å². The van der Waals surface area contributed by atoms with E-state index >= 15 is 0 Å². The van der Waals surface area contributed by atoms with Gasteiger partial charge in [0.15, 0.2) is 11.9 Å². The van der Waals surface area contributed by atoms with Gasteiger partial charge < -0.3 is 19.6 Å². The summed E-state index contributed by atoms with van der Waals surface area (Å²) >= 11 is 0. The van der Waals surface area contributed by atoms with Gasteiger partial charge in [0, 0.05) is 30.6 Å². The third-order valence-corrected chi connectivity index (χ3v) is 6.37. The van der Waals surface area contributed by atoms with Crippen LogP contribution in [0.3, 0.4) is 0 Å². The van der Waals surface area contributed by atoms with Crippen LogP contribution in [0, 0.1) is 6.92 Å². The zero-order valence-electron chi connectivity index (χ0n) is 20.7. The highest BCUT2D eigenvalue weighted by molar-refractivity contribution is 6.03. The molecular formula is C27H32N4O5. The minimum Gasteiger partial charge on any atom is -0.467 e. The van der Waals surface area contributed by atoms with Crippen molar-refractivity contribution in [3.63, 3.8) is 0 Å². The van der Waals surface area contributed by atoms with E-state index in [1.807, 2.05) is 31.2 Å². The van der Waals surface area contributed by atoms with Gasteiger partial charge in [0.25, 0.3) is 5.91 Å². The number of rotatable bonds is 10. The lowest BCUT2D eigenvalue weighted by Crippen LogP contribution is -2.46. The highest BCUT2D eigenvalue weighted by Gasteiger charge is 2.36. The second-order valence-electron chi connectivity index (χ2n) is 9.06. The summed E-state index contributed by atoms with van der Waals surface area (Å²) in [4.78, 5) is 41.1. The fourth-order valence-corrected chi connectivity index (χ4v) is 4.47. The molecule has 1 fully saturated rings. The largest absolute Gasteiger partial charge is 0.467 e. The number of aromatic nitrogens is 1. The number of nitrogens with zero attached hydrogens (tertiary/aromatic N) is 2. The molecule has 1 atom stereocenters. The summed E-state index contributed by atoms with van der Waals surface area (Å²) in [5, 5.41) is 9.48. The molecule has 3 aromatic rings. The second kappa shape index (κ2) is 11.7. The lowest BCUT2D eigenvalue weighted by Gasteiger charge is -2.31. The highest BCUT2D eigenvalue weighted by Crippen LogP contribution is 2.31. The standard InChI is InChI=1S/C27H32N4O5/c1-3-19-10-12-21(13-11-19)31(25(33)15-14-24(32)29-23-17-18(2)36-30-23)26(22-9-6-16-35-22)27(34)28-20-7-4-5-8-20/h6,9-13,16-17,20,26H,3-5,7-8,14-15H2,1-2H3,(H,28,34)(H,29,30,32)/t26-/m0/s1. The zero-order valence-corrected chi connectivity index (χ0v) is 20.7. The Bertz CT molecular complexity index is 1160. The number of hydrogen-bond acceptors (Lipinski definition) is 6. The van der Waals surface area contributed by atoms with Crippen LogP contribution in [0.25, 0.3) is 0 Å². The number of amides is 3. The first-order valence-corrected chi connectivity index (χ1v) is 12.4. The van der Waals surface area contributed by atoms with Gasteiger partial charge in [-0.15, -0.1) is 0 Å². The maximum Gasteiger partial charge on any atom is 0.251 e. The number of benzene rings is 1. The summed E-state index contributed by atoms with van der Waals surface area (Å²) in [6.07, 6.45) is 6.11. The predicted molar refractivity (Wildman–Crippen MR) is 134 cm³/mol. The summed E-state index contributed by atoms with van der Waals surface area (Å²) in [6.45, 7) is 3.77. The fraction of sp³-hybridized carbons (Fsp3) is 0.407. The molecule has 2 N–H and O–H groups in total. The van der Waals surface area contributed by atoms with Crippen molar-refractivity contribution in [2.24, 2.45) is 0 Å². The molecule has 1 aliphatic carbocycles. The van der Waals surface area contributed by atoms with E-state index in [1.54, 1.807) is 25.1 Å². The van der Waals surface area contributed by atoms with E-state index in [4.69, 9.17) is 8.94 Å². The Balaban J connectivity index is 1.58. The van der Waals surface area contributed by atoms with Gasteiger partial charge in [-0.1, -0.05) is 37.1 Å². The van der Waals surface area contributed by atoms with Crippen molar-refractivity contribution in [2.75, 3.05) is 10.2 Å². The average molecular weight is 493 g/mol. The van der Waals surface area contributed by atoms with E-state index in [2.05, 4.69) is 15.8 Å². The molecule has 1 aliphatic rings. The molecule has 9 heteroatoms. The van der Waals surface area contributed by atoms with Crippen LogP contribution in [0.4, 0.5) is 11.5 Å². The molecule has 9 nitrogen and oxygen atoms in total. The molecule has 0 unspecified atom stereocenters. The van der Waals surface area contributed by atoms with E-state index in [9.17, 15) is 14.4 Å². The number of anilines is 2. The van der Waals surface area contributed by atoms with Crippen LogP contribution in [0.2, 0.25) is 0 Å². The molecule has 190 valence electrons. The summed E-state index contributed by atoms with van der Waals surface area (Å²) in [5.74, 6) is 0.184.